The van der Waals surface area contributed by atoms with Crippen molar-refractivity contribution in [1.82, 2.24) is 10.6 Å². The molecule has 1 unspecified atom stereocenters. The van der Waals surface area contributed by atoms with Crippen LogP contribution < -0.4 is 10.6 Å². The third-order valence-corrected chi connectivity index (χ3v) is 10.2. The third kappa shape index (κ3) is 49.5. The maximum absolute atomic E-state index is 12.7. The number of amides is 2. The summed E-state index contributed by atoms with van der Waals surface area (Å²) in [6.45, 7) is 12.0. The van der Waals surface area contributed by atoms with Crippen molar-refractivity contribution in [2.75, 3.05) is 158 Å². The Labute approximate surface area is 410 Å². The molecule has 22 heteroatoms. The predicted octanol–water partition coefficient (Wildman–Crippen LogP) is 5.13. The fraction of sp³-hybridized carbons (Fsp3) is 0.915. The van der Waals surface area contributed by atoms with Crippen LogP contribution in [-0.2, 0) is 71.3 Å². The van der Waals surface area contributed by atoms with Gasteiger partial charge >= 0.3 is 11.9 Å². The molecule has 0 aliphatic rings. The molecule has 69 heavy (non-hydrogen) atoms. The van der Waals surface area contributed by atoms with Crippen LogP contribution in [0.25, 0.3) is 10.4 Å². The first kappa shape index (κ1) is 65.8. The van der Waals surface area contributed by atoms with E-state index in [0.29, 0.717) is 152 Å². The van der Waals surface area contributed by atoms with Gasteiger partial charge in [-0.25, -0.2) is 4.79 Å². The van der Waals surface area contributed by atoms with Gasteiger partial charge in [0.05, 0.1) is 145 Å². The normalized spacial score (nSPS) is 12.1. The molecule has 0 saturated heterocycles. The molecule has 404 valence electrons. The standard InChI is InChI=1S/C47H89N5O17/c1-2-3-4-5-6-7-8-9-10-11-12-13-14-15-42(46(55)56)45(54)51-43(47(57)58)16-17-44(53)49-18-20-59-22-24-61-26-28-63-30-32-65-34-36-67-38-40-69-41-39-68-37-35-66-33-31-64-29-27-62-25-23-60-21-19-50-52-48/h42-43H,2-41H2,1H3,(H,49,53)(H,51,54)(H,55,56)(H,57,58)/t42?,43-/m0/s1. The van der Waals surface area contributed by atoms with E-state index < -0.39 is 35.7 Å². The molecule has 0 aliphatic heterocycles. The van der Waals surface area contributed by atoms with Crippen molar-refractivity contribution in [1.29, 1.82) is 0 Å². The summed E-state index contributed by atoms with van der Waals surface area (Å²) < 4.78 is 59.8. The predicted molar refractivity (Wildman–Crippen MR) is 256 cm³/mol. The second kappa shape index (κ2) is 54.1. The van der Waals surface area contributed by atoms with Crippen molar-refractivity contribution in [3.05, 3.63) is 10.4 Å². The van der Waals surface area contributed by atoms with Gasteiger partial charge in [-0.15, -0.1) is 0 Å². The number of azide groups is 1. The number of carbonyl (C=O) groups excluding carboxylic acids is 2. The first-order valence-corrected chi connectivity index (χ1v) is 25.2. The highest BCUT2D eigenvalue weighted by Crippen LogP contribution is 2.16. The van der Waals surface area contributed by atoms with Crippen LogP contribution in [0, 0.1) is 5.92 Å². The van der Waals surface area contributed by atoms with Crippen molar-refractivity contribution >= 4 is 23.8 Å². The molecule has 0 spiro atoms. The highest BCUT2D eigenvalue weighted by atomic mass is 16.6. The van der Waals surface area contributed by atoms with Crippen LogP contribution in [-0.4, -0.2) is 198 Å². The van der Waals surface area contributed by atoms with Crippen molar-refractivity contribution in [3.63, 3.8) is 0 Å². The first-order valence-electron chi connectivity index (χ1n) is 25.2. The number of ether oxygens (including phenoxy) is 11. The summed E-state index contributed by atoms with van der Waals surface area (Å²) in [5.41, 5.74) is 8.16. The molecule has 0 rings (SSSR count). The van der Waals surface area contributed by atoms with Crippen molar-refractivity contribution < 1.29 is 81.5 Å². The molecule has 0 bridgehead atoms. The number of nitrogens with one attached hydrogen (secondary N) is 2. The Kier molecular flexibility index (Phi) is 51.5. The lowest BCUT2D eigenvalue weighted by Gasteiger charge is -2.18. The van der Waals surface area contributed by atoms with Crippen LogP contribution in [0.15, 0.2) is 5.11 Å². The molecule has 0 aromatic heterocycles. The van der Waals surface area contributed by atoms with Gasteiger partial charge in [-0.3, -0.25) is 14.4 Å². The van der Waals surface area contributed by atoms with Gasteiger partial charge in [-0.2, -0.15) is 0 Å². The number of hydrogen-bond donors (Lipinski definition) is 4. The van der Waals surface area contributed by atoms with Crippen LogP contribution in [0.5, 0.6) is 0 Å². The van der Waals surface area contributed by atoms with E-state index in [0.717, 1.165) is 25.7 Å². The highest BCUT2D eigenvalue weighted by molar-refractivity contribution is 5.98. The van der Waals surface area contributed by atoms with Gasteiger partial charge in [-0.1, -0.05) is 95.5 Å². The molecule has 2 amide bonds. The molecule has 0 aliphatic carbocycles. The van der Waals surface area contributed by atoms with Gasteiger partial charge in [0.2, 0.25) is 11.8 Å². The average Bonchev–Trinajstić information content (AvgIpc) is 3.33. The minimum absolute atomic E-state index is 0.135. The Bertz CT molecular complexity index is 1240. The van der Waals surface area contributed by atoms with Gasteiger partial charge in [0.25, 0.3) is 0 Å². The smallest absolute Gasteiger partial charge is 0.326 e. The Morgan fingerprint density at radius 1 is 0.464 bits per heavy atom. The molecule has 0 fully saturated rings. The van der Waals surface area contributed by atoms with E-state index in [4.69, 9.17) is 57.6 Å². The van der Waals surface area contributed by atoms with Gasteiger partial charge < -0.3 is 73.0 Å². The van der Waals surface area contributed by atoms with Crippen LogP contribution in [0.2, 0.25) is 0 Å². The van der Waals surface area contributed by atoms with E-state index in [-0.39, 0.29) is 32.4 Å². The summed E-state index contributed by atoms with van der Waals surface area (Å²) in [4.78, 5) is 51.2. The van der Waals surface area contributed by atoms with E-state index in [1.165, 1.54) is 51.4 Å². The number of unbranched alkanes of at least 4 members (excludes halogenated alkanes) is 12. The van der Waals surface area contributed by atoms with Crippen LogP contribution in [0.1, 0.15) is 110 Å². The Morgan fingerprint density at radius 2 is 0.797 bits per heavy atom. The summed E-state index contributed by atoms with van der Waals surface area (Å²) in [7, 11) is 0. The lowest BCUT2D eigenvalue weighted by molar-refractivity contribution is -0.150. The maximum Gasteiger partial charge on any atom is 0.326 e. The minimum atomic E-state index is -1.38. The summed E-state index contributed by atoms with van der Waals surface area (Å²) in [5.74, 6) is -5.21. The number of nitrogens with zero attached hydrogens (tertiary/aromatic N) is 3. The highest BCUT2D eigenvalue weighted by Gasteiger charge is 2.30. The number of aliphatic carboxylic acids is 2. The molecule has 0 aromatic carbocycles. The van der Waals surface area contributed by atoms with E-state index in [2.05, 4.69) is 27.6 Å². The van der Waals surface area contributed by atoms with Gasteiger partial charge in [0, 0.05) is 24.4 Å². The zero-order valence-corrected chi connectivity index (χ0v) is 41.8. The number of carbonyl (C=O) groups is 4. The van der Waals surface area contributed by atoms with Gasteiger partial charge in [0.1, 0.15) is 12.0 Å². The van der Waals surface area contributed by atoms with Crippen molar-refractivity contribution in [3.8, 4) is 0 Å². The molecule has 0 radical (unpaired) electrons. The van der Waals surface area contributed by atoms with Crippen LogP contribution in [0.4, 0.5) is 0 Å². The zero-order chi connectivity index (χ0) is 50.4. The summed E-state index contributed by atoms with van der Waals surface area (Å²) in [6, 6.07) is -1.38. The number of carboxylic acid groups (broad SMARTS) is 2. The van der Waals surface area contributed by atoms with E-state index in [1.807, 2.05) is 0 Å². The van der Waals surface area contributed by atoms with Crippen LogP contribution in [0.3, 0.4) is 0 Å². The Hall–Kier alpha value is -3.25. The Balaban J connectivity index is 3.57. The molecule has 22 nitrogen and oxygen atoms in total. The summed E-state index contributed by atoms with van der Waals surface area (Å²) in [5, 5.41) is 27.6. The fourth-order valence-corrected chi connectivity index (χ4v) is 6.34. The fourth-order valence-electron chi connectivity index (χ4n) is 6.34. The Morgan fingerprint density at radius 3 is 1.13 bits per heavy atom. The second-order valence-electron chi connectivity index (χ2n) is 15.9. The quantitative estimate of drug-likeness (QED) is 0.0202. The average molecular weight is 996 g/mol. The molecular weight excluding hydrogens is 907 g/mol. The maximum atomic E-state index is 12.7. The van der Waals surface area contributed by atoms with Gasteiger partial charge in [-0.05, 0) is 18.4 Å². The molecule has 4 N–H and O–H groups in total. The van der Waals surface area contributed by atoms with E-state index in [1.54, 1.807) is 0 Å². The van der Waals surface area contributed by atoms with E-state index in [9.17, 15) is 29.4 Å². The molecule has 0 aromatic rings. The molecule has 0 saturated carbocycles. The monoisotopic (exact) mass is 996 g/mol. The SMILES string of the molecule is CCCCCCCCCCCCCCCC(C(=O)O)C(=O)N[C@@H](CCC(=O)NCCOCCOCCOCCOCCOCCOCCOCCOCCOCCOCCOCCN=[N+]=[N-])C(=O)O. The van der Waals surface area contributed by atoms with Crippen molar-refractivity contribution in [2.45, 2.75) is 116 Å². The topological polar surface area (TPSA) is 283 Å². The summed E-state index contributed by atoms with van der Waals surface area (Å²) in [6.07, 6.45) is 14.7. The number of hydrogen-bond acceptors (Lipinski definition) is 16. The number of rotatable bonds is 57. The molecular formula is C47H89N5O17. The lowest BCUT2D eigenvalue weighted by atomic mass is 9.98. The van der Waals surface area contributed by atoms with Gasteiger partial charge in [0.15, 0.2) is 0 Å². The summed E-state index contributed by atoms with van der Waals surface area (Å²) >= 11 is 0. The molecule has 0 heterocycles. The van der Waals surface area contributed by atoms with Crippen LogP contribution >= 0.6 is 0 Å². The lowest BCUT2D eigenvalue weighted by Crippen LogP contribution is -2.46. The van der Waals surface area contributed by atoms with Crippen molar-refractivity contribution in [2.24, 2.45) is 11.0 Å². The zero-order valence-electron chi connectivity index (χ0n) is 41.8. The molecule has 2 atom stereocenters. The second-order valence-corrected chi connectivity index (χ2v) is 15.9. The third-order valence-electron chi connectivity index (χ3n) is 10.2. The largest absolute Gasteiger partial charge is 0.481 e. The van der Waals surface area contributed by atoms with E-state index >= 15 is 0 Å². The number of carboxylic acids is 2. The minimum Gasteiger partial charge on any atom is -0.481 e. The first-order chi connectivity index (χ1) is 33.8.